The van der Waals surface area contributed by atoms with Gasteiger partial charge in [-0.05, 0) is 25.3 Å². The van der Waals surface area contributed by atoms with Gasteiger partial charge < -0.3 is 10.8 Å². The summed E-state index contributed by atoms with van der Waals surface area (Å²) in [5.74, 6) is -0.694. The lowest BCUT2D eigenvalue weighted by Crippen LogP contribution is -2.26. The number of carbonyl (C=O) groups is 1. The summed E-state index contributed by atoms with van der Waals surface area (Å²) in [5, 5.41) is 8.98. The van der Waals surface area contributed by atoms with Gasteiger partial charge in [-0.2, -0.15) is 0 Å². The van der Waals surface area contributed by atoms with E-state index in [4.69, 9.17) is 22.4 Å². The van der Waals surface area contributed by atoms with E-state index in [1.165, 1.54) is 0 Å². The van der Waals surface area contributed by atoms with Crippen LogP contribution in [0.5, 0.6) is 0 Å². The van der Waals surface area contributed by atoms with Crippen LogP contribution < -0.4 is 5.73 Å². The monoisotopic (exact) mass is 223 g/mol. The number of aliphatic carboxylic acids is 1. The summed E-state index contributed by atoms with van der Waals surface area (Å²) < 4.78 is 0.146. The van der Waals surface area contributed by atoms with Gasteiger partial charge in [-0.25, -0.2) is 0 Å². The first-order chi connectivity index (χ1) is 6.13. The molecule has 0 aromatic rings. The molecule has 0 radical (unpaired) electrons. The van der Waals surface area contributed by atoms with Crippen LogP contribution in [-0.4, -0.2) is 27.6 Å². The van der Waals surface area contributed by atoms with Gasteiger partial charge >= 0.3 is 5.97 Å². The highest BCUT2D eigenvalue weighted by molar-refractivity contribution is 8.01. The molecule has 0 saturated carbocycles. The molecule has 3 N–H and O–H groups in total. The second kappa shape index (κ2) is 5.08. The zero-order valence-electron chi connectivity index (χ0n) is 7.28. The molecule has 1 fully saturated rings. The Labute approximate surface area is 87.0 Å². The average Bonchev–Trinajstić information content (AvgIpc) is 2.47. The Balaban J connectivity index is 2.42. The van der Waals surface area contributed by atoms with Gasteiger partial charge in [0.15, 0.2) is 0 Å². The molecule has 0 spiro atoms. The molecule has 1 aliphatic heterocycles. The summed E-state index contributed by atoms with van der Waals surface area (Å²) in [6.07, 6.45) is 2.12. The number of hydrogen-bond acceptors (Lipinski definition) is 3. The molecular formula is C8H14ClNO2S. The third-order valence-corrected chi connectivity index (χ3v) is 4.29. The summed E-state index contributed by atoms with van der Waals surface area (Å²) in [7, 11) is 0. The molecule has 0 bridgehead atoms. The van der Waals surface area contributed by atoms with Gasteiger partial charge in [0, 0.05) is 5.25 Å². The third kappa shape index (κ3) is 3.37. The number of alkyl halides is 1. The Kier molecular flexibility index (Phi) is 4.35. The van der Waals surface area contributed by atoms with E-state index < -0.39 is 5.97 Å². The predicted molar refractivity (Wildman–Crippen MR) is 55.1 cm³/mol. The maximum absolute atomic E-state index is 10.5. The molecular weight excluding hydrogens is 210 g/mol. The first-order valence-electron chi connectivity index (χ1n) is 4.35. The summed E-state index contributed by atoms with van der Waals surface area (Å²) in [6, 6.07) is 0. The lowest BCUT2D eigenvalue weighted by Gasteiger charge is -2.18. The zero-order valence-corrected chi connectivity index (χ0v) is 8.85. The Hall–Kier alpha value is 0.0700. The number of thioether (sulfide) groups is 1. The van der Waals surface area contributed by atoms with E-state index in [2.05, 4.69) is 0 Å². The summed E-state index contributed by atoms with van der Waals surface area (Å²) in [5.41, 5.74) is 5.53. The largest absolute Gasteiger partial charge is 0.481 e. The van der Waals surface area contributed by atoms with Crippen molar-refractivity contribution < 1.29 is 9.90 Å². The lowest BCUT2D eigenvalue weighted by atomic mass is 9.98. The van der Waals surface area contributed by atoms with Crippen LogP contribution in [0.3, 0.4) is 0 Å². The van der Waals surface area contributed by atoms with E-state index in [9.17, 15) is 4.79 Å². The Morgan fingerprint density at radius 2 is 2.38 bits per heavy atom. The number of carboxylic acids is 1. The lowest BCUT2D eigenvalue weighted by molar-refractivity contribution is -0.138. The van der Waals surface area contributed by atoms with Crippen LogP contribution in [0.1, 0.15) is 19.3 Å². The van der Waals surface area contributed by atoms with Crippen LogP contribution in [0, 0.1) is 5.92 Å². The van der Waals surface area contributed by atoms with Gasteiger partial charge in [0.05, 0.1) is 11.1 Å². The van der Waals surface area contributed by atoms with Crippen LogP contribution in [-0.2, 0) is 4.79 Å². The smallest absolute Gasteiger partial charge is 0.303 e. The predicted octanol–water partition coefficient (Wildman–Crippen LogP) is 1.50. The molecule has 13 heavy (non-hydrogen) atoms. The van der Waals surface area contributed by atoms with Gasteiger partial charge in [-0.15, -0.1) is 23.4 Å². The highest BCUT2D eigenvalue weighted by Crippen LogP contribution is 2.40. The average molecular weight is 224 g/mol. The molecule has 0 aliphatic carbocycles. The van der Waals surface area contributed by atoms with Gasteiger partial charge in [0.2, 0.25) is 0 Å². The highest BCUT2D eigenvalue weighted by atomic mass is 35.5. The SMILES string of the molecule is NCC(CC(=O)O)C1CCC(Cl)S1. The molecule has 1 aliphatic rings. The Morgan fingerprint density at radius 3 is 2.77 bits per heavy atom. The van der Waals surface area contributed by atoms with Gasteiger partial charge in [-0.3, -0.25) is 4.79 Å². The molecule has 76 valence electrons. The van der Waals surface area contributed by atoms with Crippen molar-refractivity contribution in [1.82, 2.24) is 0 Å². The Bertz CT molecular complexity index is 191. The Morgan fingerprint density at radius 1 is 1.69 bits per heavy atom. The van der Waals surface area contributed by atoms with Crippen molar-refractivity contribution in [2.24, 2.45) is 11.7 Å². The van der Waals surface area contributed by atoms with Crippen molar-refractivity contribution in [3.63, 3.8) is 0 Å². The molecule has 1 heterocycles. The number of nitrogens with two attached hydrogens (primary N) is 1. The van der Waals surface area contributed by atoms with Gasteiger partial charge in [-0.1, -0.05) is 0 Å². The maximum atomic E-state index is 10.5. The normalized spacial score (nSPS) is 30.3. The second-order valence-corrected chi connectivity index (χ2v) is 5.49. The highest BCUT2D eigenvalue weighted by Gasteiger charge is 2.30. The van der Waals surface area contributed by atoms with E-state index >= 15 is 0 Å². The van der Waals surface area contributed by atoms with Crippen molar-refractivity contribution >= 4 is 29.3 Å². The fourth-order valence-corrected chi connectivity index (χ4v) is 3.43. The van der Waals surface area contributed by atoms with Crippen molar-refractivity contribution in [1.29, 1.82) is 0 Å². The first-order valence-corrected chi connectivity index (χ1v) is 5.72. The minimum absolute atomic E-state index is 0.0752. The summed E-state index contributed by atoms with van der Waals surface area (Å²) in [4.78, 5) is 10.5. The van der Waals surface area contributed by atoms with Gasteiger partial charge in [0.25, 0.3) is 0 Å². The minimum Gasteiger partial charge on any atom is -0.481 e. The first kappa shape index (κ1) is 11.1. The number of hydrogen-bond donors (Lipinski definition) is 2. The summed E-state index contributed by atoms with van der Waals surface area (Å²) >= 11 is 7.58. The number of rotatable bonds is 4. The summed E-state index contributed by atoms with van der Waals surface area (Å²) in [6.45, 7) is 0.438. The molecule has 0 amide bonds. The van der Waals surface area contributed by atoms with E-state index in [0.717, 1.165) is 12.8 Å². The van der Waals surface area contributed by atoms with Crippen molar-refractivity contribution in [3.05, 3.63) is 0 Å². The van der Waals surface area contributed by atoms with Gasteiger partial charge in [0.1, 0.15) is 0 Å². The molecule has 0 aromatic carbocycles. The van der Waals surface area contributed by atoms with E-state index in [0.29, 0.717) is 11.8 Å². The van der Waals surface area contributed by atoms with Crippen LogP contribution in [0.2, 0.25) is 0 Å². The van der Waals surface area contributed by atoms with Crippen molar-refractivity contribution in [2.75, 3.05) is 6.54 Å². The zero-order chi connectivity index (χ0) is 9.84. The van der Waals surface area contributed by atoms with E-state index in [1.54, 1.807) is 11.8 Å². The van der Waals surface area contributed by atoms with E-state index in [1.807, 2.05) is 0 Å². The topological polar surface area (TPSA) is 63.3 Å². The van der Waals surface area contributed by atoms with Crippen LogP contribution >= 0.6 is 23.4 Å². The van der Waals surface area contributed by atoms with Crippen LogP contribution in [0.4, 0.5) is 0 Å². The molecule has 5 heteroatoms. The van der Waals surface area contributed by atoms with Crippen molar-refractivity contribution in [2.45, 2.75) is 29.2 Å². The minimum atomic E-state index is -0.769. The maximum Gasteiger partial charge on any atom is 0.303 e. The second-order valence-electron chi connectivity index (χ2n) is 3.26. The molecule has 3 atom stereocenters. The molecule has 3 nitrogen and oxygen atoms in total. The third-order valence-electron chi connectivity index (χ3n) is 2.27. The van der Waals surface area contributed by atoms with Crippen molar-refractivity contribution in [3.8, 4) is 0 Å². The molecule has 3 unspecified atom stereocenters. The fourth-order valence-electron chi connectivity index (χ4n) is 1.56. The fraction of sp³-hybridized carbons (Fsp3) is 0.875. The number of carboxylic acid groups (broad SMARTS) is 1. The molecule has 1 rings (SSSR count). The van der Waals surface area contributed by atoms with Crippen LogP contribution in [0.25, 0.3) is 0 Å². The van der Waals surface area contributed by atoms with Crippen LogP contribution in [0.15, 0.2) is 0 Å². The number of halogens is 1. The molecule has 0 aromatic heterocycles. The van der Waals surface area contributed by atoms with E-state index in [-0.39, 0.29) is 17.0 Å². The quantitative estimate of drug-likeness (QED) is 0.709. The standard InChI is InChI=1S/C8H14ClNO2S/c9-7-2-1-6(13-7)5(4-10)3-8(11)12/h5-7H,1-4,10H2,(H,11,12). The molecule has 1 saturated heterocycles.